The number of quaternary nitrogens is 1. The van der Waals surface area contributed by atoms with Gasteiger partial charge in [-0.25, -0.2) is 0 Å². The highest BCUT2D eigenvalue weighted by molar-refractivity contribution is 7.45. The first-order chi connectivity index (χ1) is 37.4. The molecule has 444 valence electrons. The lowest BCUT2D eigenvalue weighted by molar-refractivity contribution is -0.870. The zero-order valence-corrected chi connectivity index (χ0v) is 51.5. The number of hydrogen-bond donors (Lipinski definition) is 1. The molecule has 0 spiro atoms. The first-order valence-corrected chi connectivity index (χ1v) is 33.0. The summed E-state index contributed by atoms with van der Waals surface area (Å²) < 4.78 is 30.3. The molecule has 1 N–H and O–H groups in total. The molecular formula is C67H119N2O7P. The Kier molecular flexibility index (Phi) is 54.0. The van der Waals surface area contributed by atoms with Crippen LogP contribution < -0.4 is 10.2 Å². The highest BCUT2D eigenvalue weighted by Gasteiger charge is 2.27. The highest BCUT2D eigenvalue weighted by atomic mass is 31.2. The summed E-state index contributed by atoms with van der Waals surface area (Å²) in [5.41, 5.74) is 0. The van der Waals surface area contributed by atoms with E-state index in [9.17, 15) is 19.0 Å². The fourth-order valence-corrected chi connectivity index (χ4v) is 9.36. The molecule has 9 nitrogen and oxygen atoms in total. The predicted octanol–water partition coefficient (Wildman–Crippen LogP) is 18.9. The van der Waals surface area contributed by atoms with Crippen LogP contribution in [0.3, 0.4) is 0 Å². The predicted molar refractivity (Wildman–Crippen MR) is 330 cm³/mol. The smallest absolute Gasteiger partial charge is 0.306 e. The number of rotatable bonds is 56. The van der Waals surface area contributed by atoms with Crippen molar-refractivity contribution in [1.82, 2.24) is 5.32 Å². The lowest BCUT2D eigenvalue weighted by Crippen LogP contribution is -2.47. The van der Waals surface area contributed by atoms with Crippen LogP contribution in [0.4, 0.5) is 0 Å². The summed E-state index contributed by atoms with van der Waals surface area (Å²) in [6.45, 7) is 6.70. The van der Waals surface area contributed by atoms with Crippen molar-refractivity contribution in [1.29, 1.82) is 0 Å². The molecule has 0 aliphatic rings. The Morgan fingerprint density at radius 1 is 0.468 bits per heavy atom. The van der Waals surface area contributed by atoms with E-state index < -0.39 is 26.6 Å². The highest BCUT2D eigenvalue weighted by Crippen LogP contribution is 2.38. The first kappa shape index (κ1) is 73.9. The molecule has 0 heterocycles. The van der Waals surface area contributed by atoms with Crippen molar-refractivity contribution < 1.29 is 37.3 Å². The Morgan fingerprint density at radius 3 is 1.27 bits per heavy atom. The Labute approximate surface area is 475 Å². The van der Waals surface area contributed by atoms with Crippen molar-refractivity contribution in [2.45, 2.75) is 277 Å². The maximum Gasteiger partial charge on any atom is 0.306 e. The summed E-state index contributed by atoms with van der Waals surface area (Å²) in [7, 11) is 1.16. The number of likely N-dealkylation sites (N-methyl/N-ethyl adjacent to an activating group) is 1. The van der Waals surface area contributed by atoms with Crippen LogP contribution in [0.1, 0.15) is 265 Å². The summed E-state index contributed by atoms with van der Waals surface area (Å²) in [4.78, 5) is 40.0. The van der Waals surface area contributed by atoms with E-state index in [-0.39, 0.29) is 31.3 Å². The Hall–Kier alpha value is -3.07. The van der Waals surface area contributed by atoms with Crippen LogP contribution in [0.25, 0.3) is 0 Å². The number of carbonyl (C=O) groups is 2. The van der Waals surface area contributed by atoms with Crippen molar-refractivity contribution in [2.24, 2.45) is 0 Å². The summed E-state index contributed by atoms with van der Waals surface area (Å²) in [6.07, 6.45) is 75.2. The lowest BCUT2D eigenvalue weighted by Gasteiger charge is -2.30. The minimum absolute atomic E-state index is 0.0315. The Balaban J connectivity index is 5.24. The third kappa shape index (κ3) is 57.4. The van der Waals surface area contributed by atoms with Crippen LogP contribution in [-0.4, -0.2) is 69.4 Å². The van der Waals surface area contributed by atoms with Crippen LogP contribution in [-0.2, 0) is 27.9 Å². The molecule has 77 heavy (non-hydrogen) atoms. The van der Waals surface area contributed by atoms with Crippen LogP contribution >= 0.6 is 7.82 Å². The normalized spacial score (nSPS) is 14.3. The first-order valence-electron chi connectivity index (χ1n) is 31.5. The Bertz CT molecular complexity index is 1640. The molecule has 0 radical (unpaired) electrons. The summed E-state index contributed by atoms with van der Waals surface area (Å²) >= 11 is 0. The van der Waals surface area contributed by atoms with Gasteiger partial charge in [0.05, 0.1) is 33.8 Å². The van der Waals surface area contributed by atoms with Crippen molar-refractivity contribution in [3.63, 3.8) is 0 Å². The van der Waals surface area contributed by atoms with Gasteiger partial charge < -0.3 is 28.5 Å². The fourth-order valence-electron chi connectivity index (χ4n) is 8.64. The second kappa shape index (κ2) is 56.2. The molecule has 0 aromatic rings. The van der Waals surface area contributed by atoms with E-state index >= 15 is 0 Å². The molecule has 3 atom stereocenters. The molecule has 0 aromatic heterocycles. The quantitative estimate of drug-likeness (QED) is 0.0212. The number of phosphoric ester groups is 1. The van der Waals surface area contributed by atoms with Gasteiger partial charge >= 0.3 is 5.97 Å². The van der Waals surface area contributed by atoms with Crippen molar-refractivity contribution in [3.05, 3.63) is 97.2 Å². The van der Waals surface area contributed by atoms with Gasteiger partial charge in [-0.05, 0) is 109 Å². The van der Waals surface area contributed by atoms with E-state index in [4.69, 9.17) is 13.8 Å². The minimum atomic E-state index is -4.71. The second-order valence-electron chi connectivity index (χ2n) is 22.2. The average Bonchev–Trinajstić information content (AvgIpc) is 3.39. The number of unbranched alkanes of at least 4 members (excludes halogenated alkanes) is 26. The van der Waals surface area contributed by atoms with Crippen molar-refractivity contribution >= 4 is 19.7 Å². The number of allylic oxidation sites excluding steroid dienone is 15. The minimum Gasteiger partial charge on any atom is -0.756 e. The van der Waals surface area contributed by atoms with E-state index in [0.717, 1.165) is 122 Å². The number of carbonyl (C=O) groups excluding carboxylic acids is 2. The topological polar surface area (TPSA) is 114 Å². The summed E-state index contributed by atoms with van der Waals surface area (Å²) in [5, 5.41) is 3.01. The summed E-state index contributed by atoms with van der Waals surface area (Å²) in [5.74, 6) is -0.579. The number of ether oxygens (including phenoxy) is 1. The van der Waals surface area contributed by atoms with Gasteiger partial charge in [0.2, 0.25) is 5.91 Å². The van der Waals surface area contributed by atoms with Crippen molar-refractivity contribution in [2.75, 3.05) is 40.9 Å². The molecule has 0 rings (SSSR count). The average molecular weight is 1100 g/mol. The monoisotopic (exact) mass is 1090 g/mol. The molecule has 0 fully saturated rings. The van der Waals surface area contributed by atoms with Gasteiger partial charge in [-0.15, -0.1) is 0 Å². The lowest BCUT2D eigenvalue weighted by atomic mass is 10.0. The van der Waals surface area contributed by atoms with Gasteiger partial charge in [-0.2, -0.15) is 0 Å². The van der Waals surface area contributed by atoms with Gasteiger partial charge in [-0.3, -0.25) is 14.2 Å². The number of nitrogens with one attached hydrogen (secondary N) is 1. The maximum absolute atomic E-state index is 13.5. The van der Waals surface area contributed by atoms with E-state index in [1.54, 1.807) is 0 Å². The second-order valence-corrected chi connectivity index (χ2v) is 23.6. The number of nitrogens with zero attached hydrogens (tertiary/aromatic N) is 1. The largest absolute Gasteiger partial charge is 0.756 e. The molecular weight excluding hydrogens is 976 g/mol. The fraction of sp³-hybridized carbons (Fsp3) is 0.731. The number of hydrogen-bond acceptors (Lipinski definition) is 7. The number of esters is 1. The van der Waals surface area contributed by atoms with E-state index in [1.807, 2.05) is 33.3 Å². The molecule has 0 bridgehead atoms. The van der Waals surface area contributed by atoms with Gasteiger partial charge in [0.15, 0.2) is 0 Å². The van der Waals surface area contributed by atoms with Crippen LogP contribution in [0.15, 0.2) is 97.2 Å². The van der Waals surface area contributed by atoms with Crippen LogP contribution in [0.2, 0.25) is 0 Å². The van der Waals surface area contributed by atoms with E-state index in [2.05, 4.69) is 111 Å². The summed E-state index contributed by atoms with van der Waals surface area (Å²) in [6, 6.07) is -0.907. The maximum atomic E-state index is 13.5. The van der Waals surface area contributed by atoms with Gasteiger partial charge in [0.1, 0.15) is 19.3 Å². The molecule has 0 saturated carbocycles. The van der Waals surface area contributed by atoms with Crippen LogP contribution in [0.5, 0.6) is 0 Å². The molecule has 0 aliphatic heterocycles. The molecule has 10 heteroatoms. The van der Waals surface area contributed by atoms with Gasteiger partial charge in [0, 0.05) is 12.8 Å². The molecule has 1 amide bonds. The number of phosphoric acid groups is 1. The molecule has 0 saturated heterocycles. The van der Waals surface area contributed by atoms with Crippen molar-refractivity contribution in [3.8, 4) is 0 Å². The van der Waals surface area contributed by atoms with E-state index in [0.29, 0.717) is 23.9 Å². The number of amides is 1. The molecule has 3 unspecified atom stereocenters. The standard InChI is InChI=1S/C67H119N2O7P/c1-7-10-13-16-19-22-25-28-29-30-31-32-33-34-35-36-37-38-39-42-45-48-51-54-57-60-67(71)76-65(58-55-52-49-46-43-40-26-23-20-17-14-11-8-2)64(63-75-77(72,73)74-62-61-69(4,5)6)68-66(70)59-56-53-50-47-44-41-27-24-21-18-15-12-9-3/h10,13,19,22,28-29,31-32,34-35,37-38,41,44,55,58,64-65H,7-9,11-12,14-18,20-21,23-27,30,33,36,39-40,42-43,45-54,56-57,59-63H2,1-6H3,(H-,68,70,72,73)/b13-10-,22-19-,29-28-,32-31-,35-34-,38-37-,44-41-,58-55-. The molecule has 0 aliphatic carbocycles. The zero-order valence-electron chi connectivity index (χ0n) is 50.6. The SMILES string of the molecule is CC/C=C\C/C=C\C/C=C\C/C=C\C/C=C\C/C=C\CCCCCCCCC(=O)OC(/C=C\CCCCCCCCCCCCC)C(COP(=O)([O-])OCC[N+](C)(C)C)NC(=O)CCCCC/C=C\CCCCCCCC. The third-order valence-corrected chi connectivity index (χ3v) is 14.5. The zero-order chi connectivity index (χ0) is 56.4. The van der Waals surface area contributed by atoms with Gasteiger partial charge in [0.25, 0.3) is 7.82 Å². The van der Waals surface area contributed by atoms with Crippen LogP contribution in [0, 0.1) is 0 Å². The Morgan fingerprint density at radius 2 is 0.831 bits per heavy atom. The third-order valence-electron chi connectivity index (χ3n) is 13.5. The van der Waals surface area contributed by atoms with E-state index in [1.165, 1.54) is 96.3 Å². The molecule has 0 aromatic carbocycles. The van der Waals surface area contributed by atoms with Gasteiger partial charge in [-0.1, -0.05) is 240 Å².